The van der Waals surface area contributed by atoms with Gasteiger partial charge in [0.25, 0.3) is 0 Å². The zero-order chi connectivity index (χ0) is 57.4. The monoisotopic (exact) mass is 1070 g/mol. The Morgan fingerprint density at radius 3 is 1.19 bits per heavy atom. The molecule has 0 unspecified atom stereocenters. The van der Waals surface area contributed by atoms with Gasteiger partial charge in [-0.05, 0) is 243 Å². The lowest BCUT2D eigenvalue weighted by Gasteiger charge is -2.33. The van der Waals surface area contributed by atoms with Crippen molar-refractivity contribution in [3.05, 3.63) is 285 Å². The Labute approximate surface area is 492 Å². The highest BCUT2D eigenvalue weighted by molar-refractivity contribution is 6.04. The molecule has 0 aromatic heterocycles. The van der Waals surface area contributed by atoms with E-state index in [9.17, 15) is 0 Å². The number of fused-ring (bicyclic) bond motifs is 10. The van der Waals surface area contributed by atoms with Crippen LogP contribution in [0.2, 0.25) is 0 Å². The van der Waals surface area contributed by atoms with Gasteiger partial charge >= 0.3 is 0 Å². The van der Waals surface area contributed by atoms with Crippen LogP contribution in [0.4, 0.5) is 34.1 Å². The summed E-state index contributed by atoms with van der Waals surface area (Å²) in [4.78, 5) is 4.88. The van der Waals surface area contributed by atoms with E-state index in [-0.39, 0.29) is 16.2 Å². The molecule has 3 aliphatic carbocycles. The maximum Gasteiger partial charge on any atom is 0.0465 e. The van der Waals surface area contributed by atoms with E-state index in [0.29, 0.717) is 0 Å². The molecule has 2 heteroatoms. The van der Waals surface area contributed by atoms with Crippen molar-refractivity contribution in [2.45, 2.75) is 99.3 Å². The number of hydrogen-bond donors (Lipinski definition) is 0. The molecule has 0 saturated heterocycles. The zero-order valence-electron chi connectivity index (χ0n) is 50.2. The van der Waals surface area contributed by atoms with Crippen LogP contribution in [-0.2, 0) is 16.2 Å². The number of benzene rings is 11. The molecule has 14 rings (SSSR count). The summed E-state index contributed by atoms with van der Waals surface area (Å²) in [5, 5.41) is 0. The maximum atomic E-state index is 2.55. The first-order chi connectivity index (χ1) is 39.9. The van der Waals surface area contributed by atoms with Gasteiger partial charge in [0.05, 0.1) is 0 Å². The van der Waals surface area contributed by atoms with Gasteiger partial charge in [0.15, 0.2) is 0 Å². The van der Waals surface area contributed by atoms with Crippen LogP contribution >= 0.6 is 0 Å². The SMILES string of the molecule is Cc1cc(C)cc(-c2cc3c(c(-c4ccccc4C)c2C)-c2ccc(N(c4ccc(N(c5ccccc5)c5ccccc5)cc4)c4ccc5c(c4)C(C)(C)c4c-5c(-c5ccccc5C)c(C)c5c4C(C)(C)c4ccccc4-5)cc2C3(C)C)c1. The molecule has 0 amide bonds. The van der Waals surface area contributed by atoms with Crippen molar-refractivity contribution in [1.82, 2.24) is 0 Å². The van der Waals surface area contributed by atoms with Crippen molar-refractivity contribution in [1.29, 1.82) is 0 Å². The van der Waals surface area contributed by atoms with E-state index in [4.69, 9.17) is 0 Å². The summed E-state index contributed by atoms with van der Waals surface area (Å²) < 4.78 is 0. The van der Waals surface area contributed by atoms with Gasteiger partial charge in [0.1, 0.15) is 0 Å². The smallest absolute Gasteiger partial charge is 0.0465 e. The summed E-state index contributed by atoms with van der Waals surface area (Å²) in [5.74, 6) is 0. The molecule has 406 valence electrons. The Bertz CT molecular complexity index is 4400. The Morgan fingerprint density at radius 1 is 0.253 bits per heavy atom. The first kappa shape index (κ1) is 52.1. The van der Waals surface area contributed by atoms with Crippen molar-refractivity contribution < 1.29 is 0 Å². The third kappa shape index (κ3) is 7.89. The van der Waals surface area contributed by atoms with E-state index in [1.807, 2.05) is 0 Å². The molecule has 0 heterocycles. The molecule has 0 N–H and O–H groups in total. The minimum Gasteiger partial charge on any atom is -0.311 e. The lowest BCUT2D eigenvalue weighted by Crippen LogP contribution is -2.25. The summed E-state index contributed by atoms with van der Waals surface area (Å²) in [6.45, 7) is 28.5. The van der Waals surface area contributed by atoms with E-state index in [0.717, 1.165) is 34.1 Å². The number of nitrogens with zero attached hydrogens (tertiary/aromatic N) is 2. The predicted octanol–water partition coefficient (Wildman–Crippen LogP) is 22.4. The number of anilines is 6. The molecule has 0 aliphatic heterocycles. The first-order valence-corrected chi connectivity index (χ1v) is 29.8. The standard InChI is InChI=1S/C81H72N2/c1-49-43-50(2)45-55(44-49)67-48-71-75(72(53(67)5)62-31-21-19-25-51(62)3)65-41-39-60(46-69(65)79(71,7)8)83(59-37-35-58(36-38-59)82(56-27-15-13-16-28-56)57-29-17-14-18-30-57)61-40-42-66-70(47-61)81(11,12)78-76(66)73(63-32-22-20-26-52(63)4)54(6)74-64-33-23-24-34-68(64)80(9,10)77(74)78/h13-48H,1-12H3. The molecule has 0 saturated carbocycles. The van der Waals surface area contributed by atoms with Gasteiger partial charge in [-0.3, -0.25) is 0 Å². The zero-order valence-corrected chi connectivity index (χ0v) is 50.2. The topological polar surface area (TPSA) is 6.48 Å². The fourth-order valence-corrected chi connectivity index (χ4v) is 15.4. The summed E-state index contributed by atoms with van der Waals surface area (Å²) in [6.07, 6.45) is 0. The third-order valence-corrected chi connectivity index (χ3v) is 19.3. The summed E-state index contributed by atoms with van der Waals surface area (Å²) in [5.41, 5.74) is 38.1. The van der Waals surface area contributed by atoms with Crippen molar-refractivity contribution in [2.75, 3.05) is 9.80 Å². The Morgan fingerprint density at radius 2 is 0.651 bits per heavy atom. The van der Waals surface area contributed by atoms with Crippen molar-refractivity contribution in [3.8, 4) is 66.8 Å². The van der Waals surface area contributed by atoms with Crippen LogP contribution in [0.15, 0.2) is 218 Å². The molecule has 3 aliphatic rings. The first-order valence-electron chi connectivity index (χ1n) is 29.8. The molecule has 0 bridgehead atoms. The summed E-state index contributed by atoms with van der Waals surface area (Å²) in [6, 6.07) is 82.2. The molecule has 0 radical (unpaired) electrons. The van der Waals surface area contributed by atoms with Crippen LogP contribution < -0.4 is 9.80 Å². The highest BCUT2D eigenvalue weighted by Crippen LogP contribution is 2.64. The summed E-state index contributed by atoms with van der Waals surface area (Å²) in [7, 11) is 0. The quantitative estimate of drug-likeness (QED) is 0.142. The Balaban J connectivity index is 0.990. The van der Waals surface area contributed by atoms with Gasteiger partial charge in [-0.25, -0.2) is 0 Å². The van der Waals surface area contributed by atoms with Crippen LogP contribution in [0, 0.1) is 41.5 Å². The number of para-hydroxylation sites is 2. The summed E-state index contributed by atoms with van der Waals surface area (Å²) >= 11 is 0. The van der Waals surface area contributed by atoms with E-state index in [1.54, 1.807) is 0 Å². The Kier molecular flexibility index (Phi) is 12.0. The van der Waals surface area contributed by atoms with Crippen molar-refractivity contribution >= 4 is 34.1 Å². The maximum absolute atomic E-state index is 2.55. The van der Waals surface area contributed by atoms with Gasteiger partial charge in [-0.2, -0.15) is 0 Å². The number of hydrogen-bond acceptors (Lipinski definition) is 2. The lowest BCUT2D eigenvalue weighted by molar-refractivity contribution is 0.601. The third-order valence-electron chi connectivity index (χ3n) is 19.3. The highest BCUT2D eigenvalue weighted by atomic mass is 15.2. The van der Waals surface area contributed by atoms with Crippen molar-refractivity contribution in [3.63, 3.8) is 0 Å². The highest BCUT2D eigenvalue weighted by Gasteiger charge is 2.48. The van der Waals surface area contributed by atoms with Gasteiger partial charge in [0, 0.05) is 50.4 Å². The number of aryl methyl sites for hydroxylation is 4. The molecular weight excluding hydrogens is 1000 g/mol. The van der Waals surface area contributed by atoms with E-state index >= 15 is 0 Å². The molecule has 11 aromatic carbocycles. The van der Waals surface area contributed by atoms with Gasteiger partial charge in [0.2, 0.25) is 0 Å². The minimum absolute atomic E-state index is 0.194. The average Bonchev–Trinajstić information content (AvgIpc) is 1.59. The van der Waals surface area contributed by atoms with Crippen LogP contribution in [0.25, 0.3) is 66.8 Å². The van der Waals surface area contributed by atoms with Gasteiger partial charge in [-0.1, -0.05) is 192 Å². The van der Waals surface area contributed by atoms with Crippen LogP contribution in [0.1, 0.15) is 108 Å². The molecule has 83 heavy (non-hydrogen) atoms. The second-order valence-electron chi connectivity index (χ2n) is 25.6. The fourth-order valence-electron chi connectivity index (χ4n) is 15.4. The average molecular weight is 1070 g/mol. The van der Waals surface area contributed by atoms with Gasteiger partial charge < -0.3 is 9.80 Å². The minimum atomic E-state index is -0.338. The van der Waals surface area contributed by atoms with E-state index in [1.165, 1.54) is 134 Å². The second-order valence-corrected chi connectivity index (χ2v) is 25.6. The predicted molar refractivity (Wildman–Crippen MR) is 353 cm³/mol. The van der Waals surface area contributed by atoms with E-state index in [2.05, 4.69) is 311 Å². The van der Waals surface area contributed by atoms with E-state index < -0.39 is 0 Å². The Hall–Kier alpha value is -8.98. The normalized spacial score (nSPS) is 14.3. The molecule has 0 spiro atoms. The molecule has 0 fully saturated rings. The molecule has 11 aromatic rings. The largest absolute Gasteiger partial charge is 0.311 e. The van der Waals surface area contributed by atoms with Crippen LogP contribution in [-0.4, -0.2) is 0 Å². The van der Waals surface area contributed by atoms with Gasteiger partial charge in [-0.15, -0.1) is 0 Å². The van der Waals surface area contributed by atoms with Crippen molar-refractivity contribution in [2.24, 2.45) is 0 Å². The molecule has 0 atom stereocenters. The molecular formula is C81H72N2. The lowest BCUT2D eigenvalue weighted by atomic mass is 9.70. The molecule has 2 nitrogen and oxygen atoms in total. The van der Waals surface area contributed by atoms with Crippen LogP contribution in [0.3, 0.4) is 0 Å². The fraction of sp³-hybridized carbons (Fsp3) is 0.185. The second kappa shape index (κ2) is 19.0. The van der Waals surface area contributed by atoms with Crippen LogP contribution in [0.5, 0.6) is 0 Å². The number of rotatable bonds is 9.